The van der Waals surface area contributed by atoms with Gasteiger partial charge in [0.05, 0.1) is 23.2 Å². The van der Waals surface area contributed by atoms with E-state index in [1.54, 1.807) is 6.92 Å². The zero-order chi connectivity index (χ0) is 24.0. The molecule has 3 aliphatic rings. The summed E-state index contributed by atoms with van der Waals surface area (Å²) >= 11 is 1.08. The fraction of sp³-hybridized carbons (Fsp3) is 0.385. The molecule has 0 N–H and O–H groups in total. The average molecular weight is 479 g/mol. The highest BCUT2D eigenvalue weighted by atomic mass is 32.1. The second kappa shape index (κ2) is 8.83. The highest BCUT2D eigenvalue weighted by molar-refractivity contribution is 7.17. The van der Waals surface area contributed by atoms with Gasteiger partial charge in [-0.2, -0.15) is 0 Å². The Labute approximate surface area is 202 Å². The lowest BCUT2D eigenvalue weighted by Gasteiger charge is -2.35. The van der Waals surface area contributed by atoms with Gasteiger partial charge in [0.2, 0.25) is 0 Å². The molecule has 0 saturated heterocycles. The van der Waals surface area contributed by atoms with Crippen LogP contribution in [0.3, 0.4) is 0 Å². The first-order chi connectivity index (χ1) is 16.4. The van der Waals surface area contributed by atoms with Gasteiger partial charge in [-0.15, -0.1) is 0 Å². The lowest BCUT2D eigenvalue weighted by atomic mass is 9.77. The van der Waals surface area contributed by atoms with E-state index in [9.17, 15) is 14.4 Å². The molecule has 1 amide bonds. The van der Waals surface area contributed by atoms with E-state index >= 15 is 0 Å². The number of Topliss-reactive ketones (excluding diaryl/α,β-unsaturated/α-hetero) is 1. The fourth-order valence-electron chi connectivity index (χ4n) is 4.98. The summed E-state index contributed by atoms with van der Waals surface area (Å²) in [6.45, 7) is 7.34. The normalized spacial score (nSPS) is 23.9. The van der Waals surface area contributed by atoms with Crippen molar-refractivity contribution in [2.24, 2.45) is 5.92 Å². The second-order valence-electron chi connectivity index (χ2n) is 8.94. The van der Waals surface area contributed by atoms with E-state index in [1.807, 2.05) is 31.2 Å². The van der Waals surface area contributed by atoms with E-state index in [-0.39, 0.29) is 30.2 Å². The van der Waals surface area contributed by atoms with Gasteiger partial charge in [-0.05, 0) is 38.7 Å². The molecule has 8 heteroatoms. The van der Waals surface area contributed by atoms with Crippen molar-refractivity contribution in [1.29, 1.82) is 0 Å². The SMILES string of the molecule is C=CCOC(=O)c1sc(N2C(=O)C3=C(C(=O)C4CCCCC4O3)C2c2ccc(C)cc2)nc1C. The zero-order valence-corrected chi connectivity index (χ0v) is 20.0. The van der Waals surface area contributed by atoms with Crippen LogP contribution in [0.2, 0.25) is 0 Å². The Balaban J connectivity index is 1.60. The molecule has 34 heavy (non-hydrogen) atoms. The van der Waals surface area contributed by atoms with Crippen LogP contribution < -0.4 is 4.90 Å². The first-order valence-electron chi connectivity index (χ1n) is 11.5. The summed E-state index contributed by atoms with van der Waals surface area (Å²) in [5.74, 6) is -1.02. The number of carbonyl (C=O) groups excluding carboxylic acids is 3. The first kappa shape index (κ1) is 22.5. The standard InChI is InChI=1S/C26H26N2O5S/c1-4-13-32-25(31)23-15(3)27-26(34-23)28-20(16-11-9-14(2)10-12-16)19-21(29)17-7-5-6-8-18(17)33-22(19)24(28)30/h4,9-12,17-18,20H,1,5-8,13H2,2-3H3. The molecule has 3 atom stereocenters. The van der Waals surface area contributed by atoms with Gasteiger partial charge in [0.1, 0.15) is 17.6 Å². The van der Waals surface area contributed by atoms with Crippen LogP contribution in [-0.4, -0.2) is 35.4 Å². The molecule has 1 aromatic carbocycles. The molecule has 2 aromatic rings. The van der Waals surface area contributed by atoms with E-state index in [1.165, 1.54) is 11.0 Å². The number of nitrogens with zero attached hydrogens (tertiary/aromatic N) is 2. The maximum Gasteiger partial charge on any atom is 0.350 e. The van der Waals surface area contributed by atoms with Crippen molar-refractivity contribution in [3.63, 3.8) is 0 Å². The first-order valence-corrected chi connectivity index (χ1v) is 12.3. The summed E-state index contributed by atoms with van der Waals surface area (Å²) < 4.78 is 11.4. The van der Waals surface area contributed by atoms with E-state index < -0.39 is 17.9 Å². The quantitative estimate of drug-likeness (QED) is 0.461. The molecule has 2 aliphatic heterocycles. The van der Waals surface area contributed by atoms with Crippen LogP contribution in [0.15, 0.2) is 48.3 Å². The Bertz CT molecular complexity index is 1210. The predicted octanol–water partition coefficient (Wildman–Crippen LogP) is 4.60. The number of hydrogen-bond acceptors (Lipinski definition) is 7. The maximum absolute atomic E-state index is 13.7. The number of ketones is 1. The number of benzene rings is 1. The number of ether oxygens (including phenoxy) is 2. The van der Waals surface area contributed by atoms with Crippen molar-refractivity contribution < 1.29 is 23.9 Å². The number of aromatic nitrogens is 1. The van der Waals surface area contributed by atoms with Gasteiger partial charge in [0, 0.05) is 0 Å². The van der Waals surface area contributed by atoms with Crippen LogP contribution >= 0.6 is 11.3 Å². The summed E-state index contributed by atoms with van der Waals surface area (Å²) in [4.78, 5) is 46.3. The maximum atomic E-state index is 13.7. The smallest absolute Gasteiger partial charge is 0.350 e. The third-order valence-electron chi connectivity index (χ3n) is 6.67. The Morgan fingerprint density at radius 1 is 1.24 bits per heavy atom. The number of anilines is 1. The number of hydrogen-bond donors (Lipinski definition) is 0. The van der Waals surface area contributed by atoms with Crippen LogP contribution in [0.5, 0.6) is 0 Å². The minimum absolute atomic E-state index is 0.00808. The summed E-state index contributed by atoms with van der Waals surface area (Å²) in [6, 6.07) is 7.12. The third kappa shape index (κ3) is 3.66. The Kier molecular flexibility index (Phi) is 5.85. The van der Waals surface area contributed by atoms with Gasteiger partial charge in [-0.25, -0.2) is 9.78 Å². The number of carbonyl (C=O) groups is 3. The third-order valence-corrected chi connectivity index (χ3v) is 7.80. The van der Waals surface area contributed by atoms with Gasteiger partial charge in [-0.1, -0.05) is 60.2 Å². The molecular weight excluding hydrogens is 452 g/mol. The number of fused-ring (bicyclic) bond motifs is 1. The molecule has 5 rings (SSSR count). The molecule has 7 nitrogen and oxygen atoms in total. The molecular formula is C26H26N2O5S. The summed E-state index contributed by atoms with van der Waals surface area (Å²) in [6.07, 6.45) is 4.74. The second-order valence-corrected chi connectivity index (χ2v) is 9.92. The van der Waals surface area contributed by atoms with Gasteiger partial charge in [-0.3, -0.25) is 14.5 Å². The van der Waals surface area contributed by atoms with E-state index in [2.05, 4.69) is 11.6 Å². The number of amides is 1. The fourth-order valence-corrected chi connectivity index (χ4v) is 5.97. The van der Waals surface area contributed by atoms with Crippen molar-refractivity contribution in [1.82, 2.24) is 4.98 Å². The minimum Gasteiger partial charge on any atom is -0.483 e. The highest BCUT2D eigenvalue weighted by Crippen LogP contribution is 2.49. The van der Waals surface area contributed by atoms with Gasteiger partial charge in [0.25, 0.3) is 5.91 Å². The number of rotatable bonds is 5. The van der Waals surface area contributed by atoms with E-state index in [4.69, 9.17) is 9.47 Å². The van der Waals surface area contributed by atoms with Crippen molar-refractivity contribution in [2.75, 3.05) is 11.5 Å². The summed E-state index contributed by atoms with van der Waals surface area (Å²) in [5, 5.41) is 0.340. The van der Waals surface area contributed by atoms with Crippen molar-refractivity contribution in [2.45, 2.75) is 51.7 Å². The molecule has 3 heterocycles. The van der Waals surface area contributed by atoms with Crippen molar-refractivity contribution in [3.8, 4) is 0 Å². The number of thiazole rings is 1. The molecule has 1 aromatic heterocycles. The van der Waals surface area contributed by atoms with Crippen LogP contribution in [0.4, 0.5) is 5.13 Å². The summed E-state index contributed by atoms with van der Waals surface area (Å²) in [5.41, 5.74) is 2.75. The van der Waals surface area contributed by atoms with E-state index in [0.29, 0.717) is 21.3 Å². The average Bonchev–Trinajstić information content (AvgIpc) is 3.36. The van der Waals surface area contributed by atoms with Crippen molar-refractivity contribution in [3.05, 3.63) is 70.0 Å². The molecule has 1 fully saturated rings. The molecule has 176 valence electrons. The minimum atomic E-state index is -0.652. The topological polar surface area (TPSA) is 85.8 Å². The largest absolute Gasteiger partial charge is 0.483 e. The molecule has 1 saturated carbocycles. The highest BCUT2D eigenvalue weighted by Gasteiger charge is 2.53. The molecule has 1 aliphatic carbocycles. The Morgan fingerprint density at radius 3 is 2.71 bits per heavy atom. The Morgan fingerprint density at radius 2 is 1.97 bits per heavy atom. The number of aryl methyl sites for hydroxylation is 2. The lowest BCUT2D eigenvalue weighted by Crippen LogP contribution is -2.39. The van der Waals surface area contributed by atoms with Gasteiger partial charge >= 0.3 is 5.97 Å². The molecule has 0 bridgehead atoms. The van der Waals surface area contributed by atoms with Crippen LogP contribution in [-0.2, 0) is 19.1 Å². The van der Waals surface area contributed by atoms with Crippen LogP contribution in [0.1, 0.15) is 58.2 Å². The molecule has 0 radical (unpaired) electrons. The van der Waals surface area contributed by atoms with Gasteiger partial charge in [0.15, 0.2) is 16.7 Å². The molecule has 0 spiro atoms. The monoisotopic (exact) mass is 478 g/mol. The number of esters is 1. The predicted molar refractivity (Wildman–Crippen MR) is 128 cm³/mol. The van der Waals surface area contributed by atoms with Crippen molar-refractivity contribution >= 4 is 34.1 Å². The summed E-state index contributed by atoms with van der Waals surface area (Å²) in [7, 11) is 0. The van der Waals surface area contributed by atoms with Gasteiger partial charge < -0.3 is 9.47 Å². The van der Waals surface area contributed by atoms with Crippen LogP contribution in [0, 0.1) is 19.8 Å². The van der Waals surface area contributed by atoms with Crippen LogP contribution in [0.25, 0.3) is 0 Å². The zero-order valence-electron chi connectivity index (χ0n) is 19.2. The molecule has 3 unspecified atom stereocenters. The van der Waals surface area contributed by atoms with E-state index in [0.717, 1.165) is 48.1 Å². The Hall–Kier alpha value is -3.26. The lowest BCUT2D eigenvalue weighted by molar-refractivity contribution is -0.131.